The molecule has 1 aromatic carbocycles. The van der Waals surface area contributed by atoms with Crippen molar-refractivity contribution in [1.29, 1.82) is 0 Å². The highest BCUT2D eigenvalue weighted by atomic mass is 16.5. The molecule has 1 aromatic heterocycles. The van der Waals surface area contributed by atoms with E-state index in [2.05, 4.69) is 52.7 Å². The maximum absolute atomic E-state index is 12.6. The van der Waals surface area contributed by atoms with Gasteiger partial charge < -0.3 is 15.0 Å². The first-order chi connectivity index (χ1) is 14.2. The van der Waals surface area contributed by atoms with Gasteiger partial charge >= 0.3 is 5.97 Å². The third kappa shape index (κ3) is 3.62. The van der Waals surface area contributed by atoms with E-state index >= 15 is 0 Å². The number of esters is 1. The van der Waals surface area contributed by atoms with Gasteiger partial charge in [-0.05, 0) is 55.6 Å². The zero-order chi connectivity index (χ0) is 19.8. The molecule has 0 saturated carbocycles. The summed E-state index contributed by atoms with van der Waals surface area (Å²) in [5.41, 5.74) is 5.34. The number of hydrogen-bond acceptors (Lipinski definition) is 4. The number of aromatic amines is 1. The van der Waals surface area contributed by atoms with Crippen molar-refractivity contribution in [2.24, 2.45) is 5.92 Å². The minimum atomic E-state index is -0.136. The lowest BCUT2D eigenvalue weighted by atomic mass is 9.80. The Balaban J connectivity index is 1.32. The fraction of sp³-hybridized carbons (Fsp3) is 0.542. The van der Waals surface area contributed by atoms with Gasteiger partial charge in [0.15, 0.2) is 0 Å². The van der Waals surface area contributed by atoms with E-state index in [0.29, 0.717) is 12.6 Å². The number of carbonyl (C=O) groups is 1. The molecule has 2 aromatic rings. The largest absolute Gasteiger partial charge is 0.464 e. The van der Waals surface area contributed by atoms with Crippen LogP contribution in [0.25, 0.3) is 16.5 Å². The van der Waals surface area contributed by atoms with E-state index in [4.69, 9.17) is 4.74 Å². The number of ether oxygens (including phenoxy) is 1. The first kappa shape index (κ1) is 18.9. The number of nitrogens with zero attached hydrogens (tertiary/aromatic N) is 1. The molecule has 154 valence electrons. The van der Waals surface area contributed by atoms with Crippen LogP contribution < -0.4 is 5.32 Å². The quantitative estimate of drug-likeness (QED) is 0.784. The van der Waals surface area contributed by atoms with Crippen molar-refractivity contribution in [3.8, 4) is 0 Å². The van der Waals surface area contributed by atoms with Crippen LogP contribution in [0.1, 0.15) is 43.2 Å². The normalized spacial score (nSPS) is 27.6. The lowest BCUT2D eigenvalue weighted by Crippen LogP contribution is -2.44. The van der Waals surface area contributed by atoms with Gasteiger partial charge in [0.05, 0.1) is 6.61 Å². The van der Waals surface area contributed by atoms with Gasteiger partial charge in [-0.25, -0.2) is 0 Å². The molecule has 3 heterocycles. The van der Waals surface area contributed by atoms with Crippen molar-refractivity contribution in [1.82, 2.24) is 15.2 Å². The molecule has 5 nitrogen and oxygen atoms in total. The Morgan fingerprint density at radius 3 is 3.07 bits per heavy atom. The summed E-state index contributed by atoms with van der Waals surface area (Å²) in [6.45, 7) is 2.31. The lowest BCUT2D eigenvalue weighted by Gasteiger charge is -2.39. The van der Waals surface area contributed by atoms with Crippen molar-refractivity contribution >= 4 is 22.4 Å². The SMILES string of the molecule is CN1C[C@H](COC(=O)[C@H]2CCCCCCN2)C=C2c3cccc4[nH]cc(c34)C[C@H]21. The zero-order valence-electron chi connectivity index (χ0n) is 17.2. The Bertz CT molecular complexity index is 923. The molecule has 1 fully saturated rings. The first-order valence-electron chi connectivity index (χ1n) is 11.1. The topological polar surface area (TPSA) is 57.4 Å². The summed E-state index contributed by atoms with van der Waals surface area (Å²) in [5.74, 6) is 0.160. The Labute approximate surface area is 172 Å². The fourth-order valence-electron chi connectivity index (χ4n) is 5.35. The second-order valence-corrected chi connectivity index (χ2v) is 8.92. The van der Waals surface area contributed by atoms with Crippen LogP contribution in [0.5, 0.6) is 0 Å². The van der Waals surface area contributed by atoms with Crippen LogP contribution >= 0.6 is 0 Å². The van der Waals surface area contributed by atoms with E-state index in [1.807, 2.05) is 0 Å². The molecule has 0 bridgehead atoms. The van der Waals surface area contributed by atoms with Crippen LogP contribution in [0.4, 0.5) is 0 Å². The van der Waals surface area contributed by atoms with Gasteiger partial charge in [0, 0.05) is 35.6 Å². The van der Waals surface area contributed by atoms with E-state index in [9.17, 15) is 4.79 Å². The molecule has 0 radical (unpaired) electrons. The number of H-pyrrole nitrogens is 1. The van der Waals surface area contributed by atoms with Crippen LogP contribution in [0.2, 0.25) is 0 Å². The molecular weight excluding hydrogens is 362 g/mol. The number of hydrogen-bond donors (Lipinski definition) is 2. The number of aromatic nitrogens is 1. The Kier molecular flexibility index (Phi) is 5.18. The molecule has 1 saturated heterocycles. The second kappa shape index (κ2) is 7.96. The highest BCUT2D eigenvalue weighted by molar-refractivity contribution is 5.98. The first-order valence-corrected chi connectivity index (χ1v) is 11.1. The van der Waals surface area contributed by atoms with E-state index < -0.39 is 0 Å². The van der Waals surface area contributed by atoms with Gasteiger partial charge in [-0.15, -0.1) is 0 Å². The van der Waals surface area contributed by atoms with Crippen LogP contribution in [0.15, 0.2) is 30.5 Å². The van der Waals surface area contributed by atoms with E-state index in [0.717, 1.165) is 38.8 Å². The summed E-state index contributed by atoms with van der Waals surface area (Å²) in [5, 5.41) is 4.74. The predicted octanol–water partition coefficient (Wildman–Crippen LogP) is 3.50. The molecule has 0 unspecified atom stereocenters. The van der Waals surface area contributed by atoms with Crippen LogP contribution in [0, 0.1) is 5.92 Å². The molecule has 2 aliphatic heterocycles. The van der Waals surface area contributed by atoms with Crippen LogP contribution in [-0.4, -0.2) is 54.7 Å². The third-order valence-corrected chi connectivity index (χ3v) is 6.88. The summed E-state index contributed by atoms with van der Waals surface area (Å²) in [7, 11) is 2.20. The van der Waals surface area contributed by atoms with E-state index in [1.165, 1.54) is 40.4 Å². The standard InChI is InChI=1S/C24H31N3O2/c1-27-14-16(15-29-24(28)21-8-4-2-3-5-10-25-21)11-19-18-7-6-9-20-23(18)17(13-26-20)12-22(19)27/h6-7,9,11,13,16,21-22,25-26H,2-5,8,10,12,14-15H2,1H3/t16-,21-,22-/m1/s1. The van der Waals surface area contributed by atoms with Gasteiger partial charge in [0.25, 0.3) is 0 Å². The zero-order valence-corrected chi connectivity index (χ0v) is 17.2. The van der Waals surface area contributed by atoms with Crippen LogP contribution in [-0.2, 0) is 16.0 Å². The molecule has 2 N–H and O–H groups in total. The van der Waals surface area contributed by atoms with Crippen molar-refractivity contribution in [2.75, 3.05) is 26.7 Å². The lowest BCUT2D eigenvalue weighted by molar-refractivity contribution is -0.147. The number of nitrogens with one attached hydrogen (secondary N) is 2. The monoisotopic (exact) mass is 393 g/mol. The maximum Gasteiger partial charge on any atom is 0.323 e. The Morgan fingerprint density at radius 2 is 2.14 bits per heavy atom. The predicted molar refractivity (Wildman–Crippen MR) is 116 cm³/mol. The summed E-state index contributed by atoms with van der Waals surface area (Å²) >= 11 is 0. The van der Waals surface area contributed by atoms with Gasteiger partial charge in [-0.1, -0.05) is 37.5 Å². The smallest absolute Gasteiger partial charge is 0.323 e. The molecule has 5 rings (SSSR count). The third-order valence-electron chi connectivity index (χ3n) is 6.88. The van der Waals surface area contributed by atoms with Crippen molar-refractivity contribution < 1.29 is 9.53 Å². The van der Waals surface area contributed by atoms with Gasteiger partial charge in [-0.3, -0.25) is 9.69 Å². The highest BCUT2D eigenvalue weighted by Gasteiger charge is 2.34. The summed E-state index contributed by atoms with van der Waals surface area (Å²) < 4.78 is 5.79. The minimum absolute atomic E-state index is 0.0752. The molecular formula is C24H31N3O2. The summed E-state index contributed by atoms with van der Waals surface area (Å²) in [4.78, 5) is 18.5. The maximum atomic E-state index is 12.6. The molecule has 3 aliphatic rings. The molecule has 1 aliphatic carbocycles. The van der Waals surface area contributed by atoms with Crippen LogP contribution in [0.3, 0.4) is 0 Å². The summed E-state index contributed by atoms with van der Waals surface area (Å²) in [6.07, 6.45) is 11.2. The fourth-order valence-corrected chi connectivity index (χ4v) is 5.35. The minimum Gasteiger partial charge on any atom is -0.464 e. The Hall–Kier alpha value is -2.11. The van der Waals surface area contributed by atoms with Crippen molar-refractivity contribution in [2.45, 2.75) is 50.6 Å². The number of carbonyl (C=O) groups excluding carboxylic acids is 1. The molecule has 3 atom stereocenters. The number of rotatable bonds is 3. The number of benzene rings is 1. The van der Waals surface area contributed by atoms with E-state index in [-0.39, 0.29) is 17.9 Å². The Morgan fingerprint density at radius 1 is 1.24 bits per heavy atom. The number of likely N-dealkylation sites (N-methyl/N-ethyl adjacent to an activating group) is 1. The van der Waals surface area contributed by atoms with Gasteiger partial charge in [0.2, 0.25) is 0 Å². The van der Waals surface area contributed by atoms with Crippen molar-refractivity contribution in [3.05, 3.63) is 41.6 Å². The number of fused-ring (bicyclic) bond motifs is 2. The highest BCUT2D eigenvalue weighted by Crippen LogP contribution is 2.40. The summed E-state index contributed by atoms with van der Waals surface area (Å²) in [6, 6.07) is 6.78. The second-order valence-electron chi connectivity index (χ2n) is 8.92. The molecule has 0 amide bonds. The average Bonchev–Trinajstić information content (AvgIpc) is 3.11. The van der Waals surface area contributed by atoms with Gasteiger partial charge in [0.1, 0.15) is 6.04 Å². The van der Waals surface area contributed by atoms with E-state index in [1.54, 1.807) is 0 Å². The molecule has 29 heavy (non-hydrogen) atoms. The van der Waals surface area contributed by atoms with Crippen molar-refractivity contribution in [3.63, 3.8) is 0 Å². The van der Waals surface area contributed by atoms with Gasteiger partial charge in [-0.2, -0.15) is 0 Å². The average molecular weight is 394 g/mol. The molecule has 0 spiro atoms. The molecule has 5 heteroatoms.